The molecule has 1 aliphatic rings. The zero-order chi connectivity index (χ0) is 13.9. The molecule has 0 aromatic rings. The number of rotatable bonds is 12. The highest BCUT2D eigenvalue weighted by Crippen LogP contribution is 2.35. The first-order valence-electron chi connectivity index (χ1n) is 8.12. The van der Waals surface area contributed by atoms with Crippen molar-refractivity contribution in [1.82, 2.24) is 4.90 Å². The molecular formula is C16H33NOS. The molecule has 0 bridgehead atoms. The monoisotopic (exact) mass is 287 g/mol. The van der Waals surface area contributed by atoms with Gasteiger partial charge in [-0.15, -0.1) is 0 Å². The highest BCUT2D eigenvalue weighted by molar-refractivity contribution is 8.01. The highest BCUT2D eigenvalue weighted by atomic mass is 32.2. The Morgan fingerprint density at radius 3 is 2.47 bits per heavy atom. The van der Waals surface area contributed by atoms with Crippen LogP contribution in [0.2, 0.25) is 0 Å². The first kappa shape index (κ1) is 17.3. The van der Waals surface area contributed by atoms with Crippen molar-refractivity contribution < 1.29 is 4.74 Å². The van der Waals surface area contributed by atoms with Crippen molar-refractivity contribution in [3.8, 4) is 0 Å². The van der Waals surface area contributed by atoms with E-state index in [1.165, 1.54) is 50.8 Å². The van der Waals surface area contributed by atoms with Crippen LogP contribution in [0.4, 0.5) is 0 Å². The van der Waals surface area contributed by atoms with Crippen molar-refractivity contribution in [2.45, 2.75) is 57.6 Å². The highest BCUT2D eigenvalue weighted by Gasteiger charge is 2.23. The average molecular weight is 288 g/mol. The van der Waals surface area contributed by atoms with Crippen molar-refractivity contribution in [3.05, 3.63) is 0 Å². The molecule has 0 saturated carbocycles. The molecule has 0 aromatic carbocycles. The second kappa shape index (κ2) is 11.0. The van der Waals surface area contributed by atoms with Gasteiger partial charge in [0.2, 0.25) is 0 Å². The number of hydrogen-bond acceptors (Lipinski definition) is 3. The quantitative estimate of drug-likeness (QED) is 0.503. The third-order valence-electron chi connectivity index (χ3n) is 4.19. The molecular weight excluding hydrogens is 254 g/mol. The number of hydrogen-bond donors (Lipinski definition) is 0. The molecule has 2 unspecified atom stereocenters. The van der Waals surface area contributed by atoms with E-state index in [9.17, 15) is 0 Å². The lowest BCUT2D eigenvalue weighted by Crippen LogP contribution is -2.23. The van der Waals surface area contributed by atoms with Crippen LogP contribution in [-0.2, 0) is 4.74 Å². The van der Waals surface area contributed by atoms with Crippen LogP contribution < -0.4 is 0 Å². The molecule has 1 fully saturated rings. The fraction of sp³-hybridized carbons (Fsp3) is 1.00. The van der Waals surface area contributed by atoms with E-state index in [4.69, 9.17) is 4.74 Å². The topological polar surface area (TPSA) is 12.5 Å². The standard InChI is InChI=1S/C16H33NOS/c1-4-17(3)11-6-8-13-18-12-7-5-9-15(2)16-10-14-19-16/h15-16H,4-14H2,1-3H3. The van der Waals surface area contributed by atoms with Crippen LogP contribution in [-0.4, -0.2) is 49.3 Å². The Labute approximate surface area is 124 Å². The van der Waals surface area contributed by atoms with Crippen LogP contribution in [0.3, 0.4) is 0 Å². The maximum atomic E-state index is 5.71. The molecule has 1 aliphatic heterocycles. The van der Waals surface area contributed by atoms with Crippen LogP contribution >= 0.6 is 11.8 Å². The van der Waals surface area contributed by atoms with Gasteiger partial charge in [-0.2, -0.15) is 11.8 Å². The minimum absolute atomic E-state index is 0.920. The fourth-order valence-corrected chi connectivity index (χ4v) is 3.38. The summed E-state index contributed by atoms with van der Waals surface area (Å²) in [6, 6.07) is 0. The lowest BCUT2D eigenvalue weighted by atomic mass is 9.98. The van der Waals surface area contributed by atoms with E-state index in [-0.39, 0.29) is 0 Å². The molecule has 3 heteroatoms. The minimum atomic E-state index is 0.920. The molecule has 1 rings (SSSR count). The number of unbranched alkanes of at least 4 members (excludes halogenated alkanes) is 2. The summed E-state index contributed by atoms with van der Waals surface area (Å²) in [5, 5.41) is 0.969. The van der Waals surface area contributed by atoms with E-state index in [1.807, 2.05) is 0 Å². The van der Waals surface area contributed by atoms with Crippen LogP contribution in [0, 0.1) is 5.92 Å². The van der Waals surface area contributed by atoms with Gasteiger partial charge in [-0.1, -0.05) is 20.3 Å². The second-order valence-electron chi connectivity index (χ2n) is 5.89. The zero-order valence-electron chi connectivity index (χ0n) is 13.2. The van der Waals surface area contributed by atoms with Crippen LogP contribution in [0.5, 0.6) is 0 Å². The molecule has 2 nitrogen and oxygen atoms in total. The predicted octanol–water partition coefficient (Wildman–Crippen LogP) is 4.05. The Hall–Kier alpha value is 0.270. The Balaban J connectivity index is 1.76. The van der Waals surface area contributed by atoms with Gasteiger partial charge in [0.15, 0.2) is 0 Å². The summed E-state index contributed by atoms with van der Waals surface area (Å²) in [5.74, 6) is 2.31. The number of nitrogens with zero attached hydrogens (tertiary/aromatic N) is 1. The molecule has 2 atom stereocenters. The molecule has 0 spiro atoms. The number of ether oxygens (including phenoxy) is 1. The molecule has 0 aliphatic carbocycles. The summed E-state index contributed by atoms with van der Waals surface area (Å²) in [4.78, 5) is 2.36. The summed E-state index contributed by atoms with van der Waals surface area (Å²) in [6.07, 6.45) is 7.91. The number of thioether (sulfide) groups is 1. The molecule has 1 heterocycles. The zero-order valence-corrected chi connectivity index (χ0v) is 14.0. The van der Waals surface area contributed by atoms with E-state index in [2.05, 4.69) is 37.6 Å². The lowest BCUT2D eigenvalue weighted by molar-refractivity contribution is 0.123. The van der Waals surface area contributed by atoms with Gasteiger partial charge in [-0.25, -0.2) is 0 Å². The van der Waals surface area contributed by atoms with Crippen molar-refractivity contribution in [1.29, 1.82) is 0 Å². The molecule has 114 valence electrons. The van der Waals surface area contributed by atoms with Crippen LogP contribution in [0.1, 0.15) is 52.4 Å². The summed E-state index contributed by atoms with van der Waals surface area (Å²) in [6.45, 7) is 8.90. The molecule has 19 heavy (non-hydrogen) atoms. The molecule has 0 amide bonds. The third kappa shape index (κ3) is 8.21. The maximum absolute atomic E-state index is 5.71. The minimum Gasteiger partial charge on any atom is -0.381 e. The summed E-state index contributed by atoms with van der Waals surface area (Å²) in [7, 11) is 2.18. The van der Waals surface area contributed by atoms with Gasteiger partial charge in [0, 0.05) is 18.5 Å². The van der Waals surface area contributed by atoms with Crippen molar-refractivity contribution in [2.75, 3.05) is 39.1 Å². The van der Waals surface area contributed by atoms with E-state index >= 15 is 0 Å². The second-order valence-corrected chi connectivity index (χ2v) is 7.23. The fourth-order valence-electron chi connectivity index (χ4n) is 2.41. The molecule has 0 radical (unpaired) electrons. The molecule has 0 N–H and O–H groups in total. The normalized spacial score (nSPS) is 20.5. The predicted molar refractivity (Wildman–Crippen MR) is 87.1 cm³/mol. The average Bonchev–Trinajstić information content (AvgIpc) is 2.34. The van der Waals surface area contributed by atoms with Gasteiger partial charge in [0.05, 0.1) is 0 Å². The summed E-state index contributed by atoms with van der Waals surface area (Å²) >= 11 is 2.16. The molecule has 0 aromatic heterocycles. The summed E-state index contributed by atoms with van der Waals surface area (Å²) < 4.78 is 5.71. The van der Waals surface area contributed by atoms with Crippen LogP contribution in [0.15, 0.2) is 0 Å². The Morgan fingerprint density at radius 2 is 1.89 bits per heavy atom. The van der Waals surface area contributed by atoms with E-state index < -0.39 is 0 Å². The van der Waals surface area contributed by atoms with Gasteiger partial charge < -0.3 is 9.64 Å². The summed E-state index contributed by atoms with van der Waals surface area (Å²) in [5.41, 5.74) is 0. The smallest absolute Gasteiger partial charge is 0.0466 e. The Bertz CT molecular complexity index is 209. The van der Waals surface area contributed by atoms with Crippen LogP contribution in [0.25, 0.3) is 0 Å². The van der Waals surface area contributed by atoms with Gasteiger partial charge in [0.25, 0.3) is 0 Å². The van der Waals surface area contributed by atoms with E-state index in [0.29, 0.717) is 0 Å². The van der Waals surface area contributed by atoms with Gasteiger partial charge >= 0.3 is 0 Å². The van der Waals surface area contributed by atoms with Crippen molar-refractivity contribution in [2.24, 2.45) is 5.92 Å². The van der Waals surface area contributed by atoms with Gasteiger partial charge in [0.1, 0.15) is 0 Å². The van der Waals surface area contributed by atoms with Crippen molar-refractivity contribution >= 4 is 11.8 Å². The Kier molecular flexibility index (Phi) is 10.0. The Morgan fingerprint density at radius 1 is 1.21 bits per heavy atom. The van der Waals surface area contributed by atoms with Gasteiger partial charge in [-0.3, -0.25) is 0 Å². The maximum Gasteiger partial charge on any atom is 0.0466 e. The largest absolute Gasteiger partial charge is 0.381 e. The van der Waals surface area contributed by atoms with E-state index in [1.54, 1.807) is 0 Å². The molecule has 1 saturated heterocycles. The van der Waals surface area contributed by atoms with Crippen molar-refractivity contribution in [3.63, 3.8) is 0 Å². The first-order chi connectivity index (χ1) is 9.24. The third-order valence-corrected chi connectivity index (χ3v) is 5.79. The van der Waals surface area contributed by atoms with Gasteiger partial charge in [-0.05, 0) is 63.9 Å². The lowest BCUT2D eigenvalue weighted by Gasteiger charge is -2.30. The SMILES string of the molecule is CCN(C)CCCCOCCCCC(C)C1CCS1. The first-order valence-corrected chi connectivity index (χ1v) is 9.16. The van der Waals surface area contributed by atoms with E-state index in [0.717, 1.165) is 30.9 Å².